The van der Waals surface area contributed by atoms with Crippen LogP contribution in [0.5, 0.6) is 0 Å². The van der Waals surface area contributed by atoms with Gasteiger partial charge < -0.3 is 15.1 Å². The summed E-state index contributed by atoms with van der Waals surface area (Å²) in [4.78, 5) is 27.2. The highest BCUT2D eigenvalue weighted by Crippen LogP contribution is 2.33. The monoisotopic (exact) mass is 458 g/mol. The van der Waals surface area contributed by atoms with E-state index < -0.39 is 20.1 Å². The molecule has 0 bridgehead atoms. The lowest BCUT2D eigenvalue weighted by molar-refractivity contribution is -0.120. The van der Waals surface area contributed by atoms with Crippen LogP contribution >= 0.6 is 0 Å². The molecule has 3 aliphatic rings. The van der Waals surface area contributed by atoms with Crippen LogP contribution in [-0.4, -0.2) is 63.2 Å². The number of carbonyl (C=O) groups excluding carboxylic acids is 2. The lowest BCUT2D eigenvalue weighted by Gasteiger charge is -2.49. The Balaban J connectivity index is 1.26. The van der Waals surface area contributed by atoms with Crippen molar-refractivity contribution in [2.24, 2.45) is 5.92 Å². The standard InChI is InChI=1S/C20H25F3N4O3S/c21-20(22,23)31(24,30)16-3-1-14(2-4-16)11-15-6-9-26(10-7-15)18(29)27-12-19(13-27)8-5-17(28)25-19/h1-4,15,24H,5-13H2,(H,25,28). The number of hydrogen-bond acceptors (Lipinski definition) is 4. The van der Waals surface area contributed by atoms with Crippen LogP contribution in [0, 0.1) is 10.7 Å². The molecule has 31 heavy (non-hydrogen) atoms. The van der Waals surface area contributed by atoms with E-state index in [0.29, 0.717) is 44.9 Å². The summed E-state index contributed by atoms with van der Waals surface area (Å²) < 4.78 is 57.1. The van der Waals surface area contributed by atoms with Crippen LogP contribution in [0.2, 0.25) is 0 Å². The molecule has 0 radical (unpaired) electrons. The topological polar surface area (TPSA) is 93.6 Å². The average molecular weight is 459 g/mol. The molecule has 1 unspecified atom stereocenters. The fourth-order valence-electron chi connectivity index (χ4n) is 4.64. The van der Waals surface area contributed by atoms with Gasteiger partial charge in [-0.05, 0) is 49.3 Å². The second kappa shape index (κ2) is 7.68. The molecule has 7 nitrogen and oxygen atoms in total. The predicted octanol–water partition coefficient (Wildman–Crippen LogP) is 2.95. The first-order valence-electron chi connectivity index (χ1n) is 10.3. The molecule has 3 aliphatic heterocycles. The van der Waals surface area contributed by atoms with E-state index >= 15 is 0 Å². The third kappa shape index (κ3) is 4.24. The summed E-state index contributed by atoms with van der Waals surface area (Å²) in [5.41, 5.74) is -4.49. The molecule has 3 amide bonds. The average Bonchev–Trinajstić information content (AvgIpc) is 3.09. The fraction of sp³-hybridized carbons (Fsp3) is 0.600. The number of halogens is 3. The van der Waals surface area contributed by atoms with Crippen molar-refractivity contribution in [3.05, 3.63) is 29.8 Å². The Labute approximate surface area is 178 Å². The number of benzene rings is 1. The van der Waals surface area contributed by atoms with Crippen molar-refractivity contribution < 1.29 is 27.0 Å². The molecule has 2 N–H and O–H groups in total. The molecule has 170 valence electrons. The maximum Gasteiger partial charge on any atom is 0.483 e. The van der Waals surface area contributed by atoms with Crippen molar-refractivity contribution in [3.8, 4) is 0 Å². The highest BCUT2D eigenvalue weighted by Gasteiger charge is 2.50. The van der Waals surface area contributed by atoms with Crippen molar-refractivity contribution in [1.29, 1.82) is 4.78 Å². The van der Waals surface area contributed by atoms with Gasteiger partial charge in [0.25, 0.3) is 0 Å². The van der Waals surface area contributed by atoms with Gasteiger partial charge in [0.1, 0.15) is 0 Å². The summed E-state index contributed by atoms with van der Waals surface area (Å²) in [6.07, 6.45) is 3.53. The fourth-order valence-corrected chi connectivity index (χ4v) is 5.43. The first-order chi connectivity index (χ1) is 14.5. The van der Waals surface area contributed by atoms with Crippen molar-refractivity contribution in [1.82, 2.24) is 15.1 Å². The number of alkyl halides is 3. The van der Waals surface area contributed by atoms with Gasteiger partial charge in [-0.1, -0.05) is 12.1 Å². The Bertz CT molecular complexity index is 964. The van der Waals surface area contributed by atoms with E-state index in [2.05, 4.69) is 5.32 Å². The molecule has 11 heteroatoms. The lowest BCUT2D eigenvalue weighted by Crippen LogP contribution is -2.70. The summed E-state index contributed by atoms with van der Waals surface area (Å²) in [5.74, 6) is 0.346. The summed E-state index contributed by atoms with van der Waals surface area (Å²) in [6, 6.07) is 5.24. The number of hydrogen-bond donors (Lipinski definition) is 2. The quantitative estimate of drug-likeness (QED) is 0.729. The molecule has 4 rings (SSSR count). The van der Waals surface area contributed by atoms with Gasteiger partial charge in [0.15, 0.2) is 9.73 Å². The highest BCUT2D eigenvalue weighted by atomic mass is 32.2. The number of piperidine rings is 1. The SMILES string of the molecule is N=S(=O)(c1ccc(CC2CCN(C(=O)N3CC4(CCC(=O)N4)C3)CC2)cc1)C(F)(F)F. The van der Waals surface area contributed by atoms with Gasteiger partial charge in [-0.2, -0.15) is 13.2 Å². The van der Waals surface area contributed by atoms with Gasteiger partial charge in [-0.15, -0.1) is 0 Å². The molecule has 3 saturated heterocycles. The van der Waals surface area contributed by atoms with E-state index in [0.717, 1.165) is 37.0 Å². The van der Waals surface area contributed by atoms with E-state index in [1.807, 2.05) is 4.90 Å². The van der Waals surface area contributed by atoms with Crippen LogP contribution in [0.4, 0.5) is 18.0 Å². The Morgan fingerprint density at radius 2 is 1.77 bits per heavy atom. The Morgan fingerprint density at radius 1 is 1.16 bits per heavy atom. The first kappa shape index (κ1) is 21.9. The highest BCUT2D eigenvalue weighted by molar-refractivity contribution is 7.93. The molecule has 3 heterocycles. The third-order valence-corrected chi connectivity index (χ3v) is 8.07. The second-order valence-electron chi connectivity index (χ2n) is 8.75. The van der Waals surface area contributed by atoms with E-state index in [-0.39, 0.29) is 17.5 Å². The minimum atomic E-state index is -5.09. The van der Waals surface area contributed by atoms with Crippen LogP contribution in [-0.2, 0) is 20.9 Å². The Hall–Kier alpha value is -2.30. The molecule has 0 aliphatic carbocycles. The summed E-state index contributed by atoms with van der Waals surface area (Å²) in [5, 5.41) is 2.97. The molecular weight excluding hydrogens is 433 g/mol. The molecule has 1 aromatic rings. The molecular formula is C20H25F3N4O3S. The normalized spacial score (nSPS) is 23.4. The number of amides is 3. The predicted molar refractivity (Wildman–Crippen MR) is 107 cm³/mol. The van der Waals surface area contributed by atoms with Crippen LogP contribution in [0.1, 0.15) is 31.2 Å². The minimum absolute atomic E-state index is 0.00747. The Morgan fingerprint density at radius 3 is 2.29 bits per heavy atom. The molecule has 1 aromatic carbocycles. The molecule has 0 saturated carbocycles. The number of rotatable bonds is 3. The minimum Gasteiger partial charge on any atom is -0.347 e. The summed E-state index contributed by atoms with van der Waals surface area (Å²) in [6.45, 7) is 2.35. The zero-order valence-corrected chi connectivity index (χ0v) is 17.7. The van der Waals surface area contributed by atoms with Gasteiger partial charge in [0.05, 0.1) is 10.4 Å². The van der Waals surface area contributed by atoms with Crippen molar-refractivity contribution >= 4 is 21.7 Å². The number of urea groups is 1. The largest absolute Gasteiger partial charge is 0.483 e. The van der Waals surface area contributed by atoms with Crippen LogP contribution < -0.4 is 5.32 Å². The number of nitrogens with one attached hydrogen (secondary N) is 2. The first-order valence-corrected chi connectivity index (χ1v) is 11.8. The molecule has 1 atom stereocenters. The van der Waals surface area contributed by atoms with Crippen LogP contribution in [0.3, 0.4) is 0 Å². The van der Waals surface area contributed by atoms with Crippen LogP contribution in [0.25, 0.3) is 0 Å². The van der Waals surface area contributed by atoms with Gasteiger partial charge >= 0.3 is 11.5 Å². The molecule has 0 aromatic heterocycles. The van der Waals surface area contributed by atoms with E-state index in [1.165, 1.54) is 12.1 Å². The lowest BCUT2D eigenvalue weighted by atomic mass is 9.88. The van der Waals surface area contributed by atoms with Gasteiger partial charge in [-0.3, -0.25) is 4.79 Å². The zero-order chi connectivity index (χ0) is 22.4. The van der Waals surface area contributed by atoms with Gasteiger partial charge in [0, 0.05) is 32.6 Å². The van der Waals surface area contributed by atoms with Crippen molar-refractivity contribution in [2.45, 2.75) is 48.0 Å². The smallest absolute Gasteiger partial charge is 0.347 e. The number of nitrogens with zero attached hydrogens (tertiary/aromatic N) is 2. The number of carbonyl (C=O) groups is 2. The maximum absolute atomic E-state index is 12.8. The second-order valence-corrected chi connectivity index (χ2v) is 10.8. The van der Waals surface area contributed by atoms with Gasteiger partial charge in [-0.25, -0.2) is 13.8 Å². The molecule has 3 fully saturated rings. The maximum atomic E-state index is 12.8. The van der Waals surface area contributed by atoms with E-state index in [4.69, 9.17) is 4.78 Å². The van der Waals surface area contributed by atoms with E-state index in [1.54, 1.807) is 4.90 Å². The zero-order valence-electron chi connectivity index (χ0n) is 16.9. The van der Waals surface area contributed by atoms with Crippen LogP contribution in [0.15, 0.2) is 29.2 Å². The van der Waals surface area contributed by atoms with E-state index in [9.17, 15) is 27.0 Å². The third-order valence-electron chi connectivity index (χ3n) is 6.48. The number of likely N-dealkylation sites (tertiary alicyclic amines) is 2. The Kier molecular flexibility index (Phi) is 5.43. The molecule has 1 spiro atoms. The van der Waals surface area contributed by atoms with Crippen molar-refractivity contribution in [2.75, 3.05) is 26.2 Å². The summed E-state index contributed by atoms with van der Waals surface area (Å²) >= 11 is 0. The van der Waals surface area contributed by atoms with Crippen molar-refractivity contribution in [3.63, 3.8) is 0 Å². The summed E-state index contributed by atoms with van der Waals surface area (Å²) in [7, 11) is -4.83. The van der Waals surface area contributed by atoms with Gasteiger partial charge in [0.2, 0.25) is 5.91 Å².